The molecule has 0 amide bonds. The van der Waals surface area contributed by atoms with E-state index in [0.29, 0.717) is 17.6 Å². The molecule has 7 heteroatoms. The molecule has 1 unspecified atom stereocenters. The van der Waals surface area contributed by atoms with Gasteiger partial charge in [0.25, 0.3) is 0 Å². The topological polar surface area (TPSA) is 73.1 Å². The summed E-state index contributed by atoms with van der Waals surface area (Å²) in [6, 6.07) is 3.83. The SMILES string of the molecule is COc1ccc(-c2noc(C3CCCCN3)n2)cn1.Cl. The fraction of sp³-hybridized carbons (Fsp3) is 0.462. The lowest BCUT2D eigenvalue weighted by Gasteiger charge is -2.19. The summed E-state index contributed by atoms with van der Waals surface area (Å²) >= 11 is 0. The highest BCUT2D eigenvalue weighted by Gasteiger charge is 2.21. The van der Waals surface area contributed by atoms with Crippen molar-refractivity contribution in [2.75, 3.05) is 13.7 Å². The van der Waals surface area contributed by atoms with Crippen LogP contribution in [0.3, 0.4) is 0 Å². The summed E-state index contributed by atoms with van der Waals surface area (Å²) in [5.74, 6) is 1.80. The first-order chi connectivity index (χ1) is 9.36. The van der Waals surface area contributed by atoms with Gasteiger partial charge in [0.2, 0.25) is 17.6 Å². The monoisotopic (exact) mass is 296 g/mol. The van der Waals surface area contributed by atoms with Gasteiger partial charge in [0.15, 0.2) is 0 Å². The van der Waals surface area contributed by atoms with Gasteiger partial charge in [0.05, 0.1) is 13.2 Å². The van der Waals surface area contributed by atoms with Gasteiger partial charge in [-0.3, -0.25) is 0 Å². The average molecular weight is 297 g/mol. The number of rotatable bonds is 3. The highest BCUT2D eigenvalue weighted by atomic mass is 35.5. The third-order valence-electron chi connectivity index (χ3n) is 3.25. The summed E-state index contributed by atoms with van der Waals surface area (Å²) in [6.07, 6.45) is 5.13. The number of hydrogen-bond acceptors (Lipinski definition) is 6. The van der Waals surface area contributed by atoms with Crippen LogP contribution in [-0.4, -0.2) is 28.8 Å². The Labute approximate surface area is 123 Å². The largest absolute Gasteiger partial charge is 0.481 e. The minimum atomic E-state index is 0. The molecule has 0 aromatic carbocycles. The molecule has 0 saturated carbocycles. The molecule has 2 aromatic rings. The Balaban J connectivity index is 0.00000147. The van der Waals surface area contributed by atoms with E-state index in [1.165, 1.54) is 12.8 Å². The Morgan fingerprint density at radius 1 is 1.35 bits per heavy atom. The summed E-state index contributed by atoms with van der Waals surface area (Å²) in [6.45, 7) is 1.01. The van der Waals surface area contributed by atoms with Crippen LogP contribution in [0.25, 0.3) is 11.4 Å². The van der Waals surface area contributed by atoms with Crippen molar-refractivity contribution in [2.24, 2.45) is 0 Å². The van der Waals surface area contributed by atoms with E-state index in [4.69, 9.17) is 9.26 Å². The fourth-order valence-corrected chi connectivity index (χ4v) is 2.19. The zero-order valence-electron chi connectivity index (χ0n) is 11.2. The third kappa shape index (κ3) is 3.08. The van der Waals surface area contributed by atoms with Crippen molar-refractivity contribution in [1.29, 1.82) is 0 Å². The van der Waals surface area contributed by atoms with Gasteiger partial charge < -0.3 is 14.6 Å². The van der Waals surface area contributed by atoms with Crippen molar-refractivity contribution < 1.29 is 9.26 Å². The van der Waals surface area contributed by atoms with Gasteiger partial charge >= 0.3 is 0 Å². The summed E-state index contributed by atoms with van der Waals surface area (Å²) in [5, 5.41) is 7.40. The number of nitrogens with one attached hydrogen (secondary N) is 1. The lowest BCUT2D eigenvalue weighted by atomic mass is 10.1. The Hall–Kier alpha value is -1.66. The van der Waals surface area contributed by atoms with Gasteiger partial charge in [-0.15, -0.1) is 12.4 Å². The van der Waals surface area contributed by atoms with Crippen LogP contribution in [0.5, 0.6) is 5.88 Å². The predicted octanol–water partition coefficient (Wildman–Crippen LogP) is 2.38. The van der Waals surface area contributed by atoms with Crippen LogP contribution in [0.1, 0.15) is 31.2 Å². The van der Waals surface area contributed by atoms with Crippen molar-refractivity contribution in [3.05, 3.63) is 24.2 Å². The van der Waals surface area contributed by atoms with Crippen molar-refractivity contribution in [3.63, 3.8) is 0 Å². The van der Waals surface area contributed by atoms with Crippen molar-refractivity contribution in [3.8, 4) is 17.3 Å². The Bertz CT molecular complexity index is 538. The van der Waals surface area contributed by atoms with Crippen LogP contribution in [0.2, 0.25) is 0 Å². The van der Waals surface area contributed by atoms with E-state index >= 15 is 0 Å². The molecule has 1 fully saturated rings. The van der Waals surface area contributed by atoms with Gasteiger partial charge in [-0.1, -0.05) is 11.6 Å². The lowest BCUT2D eigenvalue weighted by Crippen LogP contribution is -2.26. The standard InChI is InChI=1S/C13H16N4O2.ClH/c1-18-11-6-5-9(8-15-11)12-16-13(19-17-12)10-4-2-3-7-14-10;/h5-6,8,10,14H,2-4,7H2,1H3;1H. The molecule has 1 N–H and O–H groups in total. The molecule has 0 bridgehead atoms. The number of aromatic nitrogens is 3. The first-order valence-electron chi connectivity index (χ1n) is 6.44. The number of ether oxygens (including phenoxy) is 1. The first-order valence-corrected chi connectivity index (χ1v) is 6.44. The van der Waals surface area contributed by atoms with Gasteiger partial charge in [-0.25, -0.2) is 4.98 Å². The molecule has 0 spiro atoms. The predicted molar refractivity (Wildman–Crippen MR) is 75.9 cm³/mol. The molecule has 1 aliphatic rings. The first kappa shape index (κ1) is 14.7. The van der Waals surface area contributed by atoms with Crippen LogP contribution in [0, 0.1) is 0 Å². The van der Waals surface area contributed by atoms with E-state index in [1.807, 2.05) is 6.07 Å². The highest BCUT2D eigenvalue weighted by molar-refractivity contribution is 5.85. The average Bonchev–Trinajstić information content (AvgIpc) is 2.98. The lowest BCUT2D eigenvalue weighted by molar-refractivity contribution is 0.297. The van der Waals surface area contributed by atoms with Gasteiger partial charge in [0, 0.05) is 17.8 Å². The van der Waals surface area contributed by atoms with Crippen LogP contribution in [0.15, 0.2) is 22.9 Å². The van der Waals surface area contributed by atoms with Crippen molar-refractivity contribution in [1.82, 2.24) is 20.4 Å². The molecular weight excluding hydrogens is 280 g/mol. The summed E-state index contributed by atoms with van der Waals surface area (Å²) < 4.78 is 10.4. The van der Waals surface area contributed by atoms with E-state index < -0.39 is 0 Å². The number of halogens is 1. The maximum Gasteiger partial charge on any atom is 0.244 e. The number of nitrogens with zero attached hydrogens (tertiary/aromatic N) is 3. The smallest absolute Gasteiger partial charge is 0.244 e. The fourth-order valence-electron chi connectivity index (χ4n) is 2.19. The van der Waals surface area contributed by atoms with E-state index in [9.17, 15) is 0 Å². The number of hydrogen-bond donors (Lipinski definition) is 1. The van der Waals surface area contributed by atoms with Crippen molar-refractivity contribution >= 4 is 12.4 Å². The summed E-state index contributed by atoms with van der Waals surface area (Å²) in [7, 11) is 1.59. The van der Waals surface area contributed by atoms with Crippen LogP contribution in [-0.2, 0) is 0 Å². The normalized spacial score (nSPS) is 18.4. The van der Waals surface area contributed by atoms with Crippen LogP contribution in [0.4, 0.5) is 0 Å². The molecule has 3 heterocycles. The second kappa shape index (κ2) is 6.67. The molecule has 3 rings (SSSR count). The van der Waals surface area contributed by atoms with E-state index in [-0.39, 0.29) is 18.4 Å². The van der Waals surface area contributed by atoms with Gasteiger partial charge in [-0.2, -0.15) is 4.98 Å². The third-order valence-corrected chi connectivity index (χ3v) is 3.25. The van der Waals surface area contributed by atoms with E-state index in [1.54, 1.807) is 19.4 Å². The number of piperidine rings is 1. The van der Waals surface area contributed by atoms with Crippen molar-refractivity contribution in [2.45, 2.75) is 25.3 Å². The Morgan fingerprint density at radius 2 is 2.25 bits per heavy atom. The molecule has 20 heavy (non-hydrogen) atoms. The second-order valence-corrected chi connectivity index (χ2v) is 4.55. The number of methoxy groups -OCH3 is 1. The highest BCUT2D eigenvalue weighted by Crippen LogP contribution is 2.24. The quantitative estimate of drug-likeness (QED) is 0.937. The zero-order chi connectivity index (χ0) is 13.1. The molecule has 1 aliphatic heterocycles. The van der Waals surface area contributed by atoms with Gasteiger partial charge in [0.1, 0.15) is 0 Å². The molecule has 6 nitrogen and oxygen atoms in total. The molecule has 2 aromatic heterocycles. The molecular formula is C13H17ClN4O2. The summed E-state index contributed by atoms with van der Waals surface area (Å²) in [4.78, 5) is 8.57. The Morgan fingerprint density at radius 3 is 2.90 bits per heavy atom. The maximum absolute atomic E-state index is 5.33. The van der Waals surface area contributed by atoms with Crippen LogP contribution < -0.4 is 10.1 Å². The molecule has 0 aliphatic carbocycles. The van der Waals surface area contributed by atoms with E-state index in [2.05, 4.69) is 20.4 Å². The maximum atomic E-state index is 5.33. The molecule has 108 valence electrons. The second-order valence-electron chi connectivity index (χ2n) is 4.55. The van der Waals surface area contributed by atoms with Crippen LogP contribution >= 0.6 is 12.4 Å². The Kier molecular flexibility index (Phi) is 4.92. The molecule has 0 radical (unpaired) electrons. The zero-order valence-corrected chi connectivity index (χ0v) is 12.0. The molecule has 1 saturated heterocycles. The van der Waals surface area contributed by atoms with Gasteiger partial charge in [-0.05, 0) is 25.5 Å². The summed E-state index contributed by atoms with van der Waals surface area (Å²) in [5.41, 5.74) is 0.826. The minimum Gasteiger partial charge on any atom is -0.481 e. The minimum absolute atomic E-state index is 0. The molecule has 1 atom stereocenters. The van der Waals surface area contributed by atoms with E-state index in [0.717, 1.165) is 18.5 Å². The number of pyridine rings is 1.